The van der Waals surface area contributed by atoms with E-state index in [0.29, 0.717) is 0 Å². The van der Waals surface area contributed by atoms with E-state index in [-0.39, 0.29) is 6.10 Å². The summed E-state index contributed by atoms with van der Waals surface area (Å²) in [6.07, 6.45) is 4.06. The predicted molar refractivity (Wildman–Crippen MR) is 80.9 cm³/mol. The molecule has 0 bridgehead atoms. The van der Waals surface area contributed by atoms with Gasteiger partial charge in [-0.15, -0.1) is 11.3 Å². The highest BCUT2D eigenvalue weighted by molar-refractivity contribution is 7.12. The van der Waals surface area contributed by atoms with E-state index in [1.165, 1.54) is 46.4 Å². The van der Waals surface area contributed by atoms with Crippen LogP contribution in [0.25, 0.3) is 0 Å². The summed E-state index contributed by atoms with van der Waals surface area (Å²) in [4.78, 5) is 2.64. The molecule has 1 atom stereocenters. The SMILES string of the molecule is Cc1cc(C)cc(CC(O)c2cc3c(s2)CCC3)c1. The molecule has 2 aromatic rings. The standard InChI is InChI=1S/C17H20OS/c1-11-6-12(2)8-13(7-11)9-15(18)17-10-14-4-3-5-16(14)19-17/h6-8,10,15,18H,3-5,9H2,1-2H3. The maximum absolute atomic E-state index is 10.4. The van der Waals surface area contributed by atoms with E-state index < -0.39 is 0 Å². The number of benzene rings is 1. The molecule has 1 aliphatic carbocycles. The Kier molecular flexibility index (Phi) is 3.46. The van der Waals surface area contributed by atoms with Crippen molar-refractivity contribution in [1.29, 1.82) is 0 Å². The molecule has 1 N–H and O–H groups in total. The summed E-state index contributed by atoms with van der Waals surface area (Å²) < 4.78 is 0. The van der Waals surface area contributed by atoms with Crippen molar-refractivity contribution >= 4 is 11.3 Å². The smallest absolute Gasteiger partial charge is 0.0922 e. The van der Waals surface area contributed by atoms with Crippen LogP contribution in [0, 0.1) is 13.8 Å². The van der Waals surface area contributed by atoms with E-state index >= 15 is 0 Å². The lowest BCUT2D eigenvalue weighted by Gasteiger charge is -2.10. The molecule has 19 heavy (non-hydrogen) atoms. The number of aliphatic hydroxyl groups is 1. The van der Waals surface area contributed by atoms with Gasteiger partial charge in [-0.3, -0.25) is 0 Å². The zero-order valence-electron chi connectivity index (χ0n) is 11.6. The number of aliphatic hydroxyl groups excluding tert-OH is 1. The van der Waals surface area contributed by atoms with E-state index in [9.17, 15) is 5.11 Å². The second kappa shape index (κ2) is 5.10. The molecule has 3 rings (SSSR count). The molecular weight excluding hydrogens is 252 g/mol. The van der Waals surface area contributed by atoms with Crippen LogP contribution in [-0.2, 0) is 19.3 Å². The molecule has 0 radical (unpaired) electrons. The summed E-state index contributed by atoms with van der Waals surface area (Å²) in [5, 5.41) is 10.4. The fraction of sp³-hybridized carbons (Fsp3) is 0.412. The van der Waals surface area contributed by atoms with Crippen molar-refractivity contribution in [3.63, 3.8) is 0 Å². The van der Waals surface area contributed by atoms with Gasteiger partial charge in [-0.05, 0) is 50.3 Å². The lowest BCUT2D eigenvalue weighted by molar-refractivity contribution is 0.182. The maximum atomic E-state index is 10.4. The molecule has 0 saturated heterocycles. The molecule has 0 saturated carbocycles. The van der Waals surface area contributed by atoms with Gasteiger partial charge in [0.25, 0.3) is 0 Å². The van der Waals surface area contributed by atoms with Crippen molar-refractivity contribution in [3.8, 4) is 0 Å². The van der Waals surface area contributed by atoms with Crippen LogP contribution in [0.1, 0.15) is 44.5 Å². The van der Waals surface area contributed by atoms with Crippen LogP contribution in [-0.4, -0.2) is 5.11 Å². The van der Waals surface area contributed by atoms with Crippen molar-refractivity contribution < 1.29 is 5.11 Å². The third-order valence-electron chi connectivity index (χ3n) is 3.80. The number of aryl methyl sites for hydroxylation is 4. The fourth-order valence-corrected chi connectivity index (χ4v) is 4.27. The first kappa shape index (κ1) is 12.9. The topological polar surface area (TPSA) is 20.2 Å². The van der Waals surface area contributed by atoms with E-state index in [1.54, 1.807) is 0 Å². The van der Waals surface area contributed by atoms with E-state index in [2.05, 4.69) is 38.1 Å². The summed E-state index contributed by atoms with van der Waals surface area (Å²) in [6.45, 7) is 4.23. The summed E-state index contributed by atoms with van der Waals surface area (Å²) in [5.41, 5.74) is 5.25. The highest BCUT2D eigenvalue weighted by Gasteiger charge is 2.19. The molecule has 0 aliphatic heterocycles. The molecule has 1 heterocycles. The molecular formula is C17H20OS. The van der Waals surface area contributed by atoms with E-state index in [1.807, 2.05) is 11.3 Å². The average Bonchev–Trinajstić information content (AvgIpc) is 2.86. The summed E-state index contributed by atoms with van der Waals surface area (Å²) in [7, 11) is 0. The van der Waals surface area contributed by atoms with Crippen molar-refractivity contribution in [2.24, 2.45) is 0 Å². The van der Waals surface area contributed by atoms with Gasteiger partial charge in [0.1, 0.15) is 0 Å². The molecule has 2 heteroatoms. The van der Waals surface area contributed by atoms with E-state index in [4.69, 9.17) is 0 Å². The molecule has 1 nitrogen and oxygen atoms in total. The van der Waals surface area contributed by atoms with Crippen molar-refractivity contribution in [3.05, 3.63) is 56.3 Å². The van der Waals surface area contributed by atoms with Crippen molar-refractivity contribution in [2.45, 2.75) is 45.6 Å². The zero-order valence-corrected chi connectivity index (χ0v) is 12.4. The first-order valence-electron chi connectivity index (χ1n) is 6.98. The zero-order chi connectivity index (χ0) is 13.4. The van der Waals surface area contributed by atoms with Crippen LogP contribution < -0.4 is 0 Å². The Bertz CT molecular complexity index is 556. The number of thiophene rings is 1. The monoisotopic (exact) mass is 272 g/mol. The minimum atomic E-state index is -0.350. The average molecular weight is 272 g/mol. The van der Waals surface area contributed by atoms with Crippen LogP contribution >= 0.6 is 11.3 Å². The Morgan fingerprint density at radius 2 is 1.84 bits per heavy atom. The Morgan fingerprint density at radius 1 is 1.11 bits per heavy atom. The predicted octanol–water partition coefficient (Wildman–Crippen LogP) is 4.13. The Morgan fingerprint density at radius 3 is 2.53 bits per heavy atom. The summed E-state index contributed by atoms with van der Waals surface area (Å²) in [6, 6.07) is 8.75. The van der Waals surface area contributed by atoms with E-state index in [0.717, 1.165) is 11.3 Å². The molecule has 1 aromatic carbocycles. The Balaban J connectivity index is 1.78. The maximum Gasteiger partial charge on any atom is 0.0922 e. The van der Waals surface area contributed by atoms with Crippen LogP contribution in [0.2, 0.25) is 0 Å². The minimum Gasteiger partial charge on any atom is -0.387 e. The van der Waals surface area contributed by atoms with Crippen LogP contribution in [0.3, 0.4) is 0 Å². The Labute approximate surface area is 118 Å². The van der Waals surface area contributed by atoms with Gasteiger partial charge in [-0.1, -0.05) is 29.3 Å². The van der Waals surface area contributed by atoms with Gasteiger partial charge in [0, 0.05) is 16.2 Å². The molecule has 0 spiro atoms. The number of fused-ring (bicyclic) bond motifs is 1. The van der Waals surface area contributed by atoms with Gasteiger partial charge >= 0.3 is 0 Å². The van der Waals surface area contributed by atoms with Crippen molar-refractivity contribution in [1.82, 2.24) is 0 Å². The summed E-state index contributed by atoms with van der Waals surface area (Å²) >= 11 is 1.81. The second-order valence-electron chi connectivity index (χ2n) is 5.67. The largest absolute Gasteiger partial charge is 0.387 e. The molecule has 100 valence electrons. The lowest BCUT2D eigenvalue weighted by Crippen LogP contribution is -2.00. The number of hydrogen-bond acceptors (Lipinski definition) is 2. The van der Waals surface area contributed by atoms with Gasteiger partial charge < -0.3 is 5.11 Å². The minimum absolute atomic E-state index is 0.350. The summed E-state index contributed by atoms with van der Waals surface area (Å²) in [5.74, 6) is 0. The van der Waals surface area contributed by atoms with Gasteiger partial charge in [0.15, 0.2) is 0 Å². The number of hydrogen-bond donors (Lipinski definition) is 1. The molecule has 1 unspecified atom stereocenters. The first-order chi connectivity index (χ1) is 9.11. The normalized spacial score (nSPS) is 15.5. The quantitative estimate of drug-likeness (QED) is 0.890. The lowest BCUT2D eigenvalue weighted by atomic mass is 10.0. The molecule has 0 fully saturated rings. The van der Waals surface area contributed by atoms with Gasteiger partial charge in [0.2, 0.25) is 0 Å². The molecule has 1 aromatic heterocycles. The second-order valence-corrected chi connectivity index (χ2v) is 6.83. The fourth-order valence-electron chi connectivity index (χ4n) is 3.03. The van der Waals surface area contributed by atoms with Crippen LogP contribution in [0.5, 0.6) is 0 Å². The van der Waals surface area contributed by atoms with Gasteiger partial charge in [0.05, 0.1) is 6.10 Å². The highest BCUT2D eigenvalue weighted by Crippen LogP contribution is 2.34. The van der Waals surface area contributed by atoms with Crippen LogP contribution in [0.15, 0.2) is 24.3 Å². The number of rotatable bonds is 3. The Hall–Kier alpha value is -1.12. The van der Waals surface area contributed by atoms with Crippen LogP contribution in [0.4, 0.5) is 0 Å². The first-order valence-corrected chi connectivity index (χ1v) is 7.80. The highest BCUT2D eigenvalue weighted by atomic mass is 32.1. The third-order valence-corrected chi connectivity index (χ3v) is 5.14. The molecule has 1 aliphatic rings. The van der Waals surface area contributed by atoms with Gasteiger partial charge in [-0.25, -0.2) is 0 Å². The van der Waals surface area contributed by atoms with Gasteiger partial charge in [-0.2, -0.15) is 0 Å². The van der Waals surface area contributed by atoms with Crippen molar-refractivity contribution in [2.75, 3.05) is 0 Å². The molecule has 0 amide bonds. The third kappa shape index (κ3) is 2.75.